The van der Waals surface area contributed by atoms with Crippen molar-refractivity contribution >= 4 is 0 Å². The van der Waals surface area contributed by atoms with E-state index < -0.39 is 6.29 Å². The van der Waals surface area contributed by atoms with Crippen LogP contribution in [0, 0.1) is 6.92 Å². The van der Waals surface area contributed by atoms with Crippen molar-refractivity contribution < 1.29 is 10.2 Å². The van der Waals surface area contributed by atoms with Crippen LogP contribution in [0.2, 0.25) is 0 Å². The van der Waals surface area contributed by atoms with Gasteiger partial charge in [0.15, 0.2) is 6.29 Å². The van der Waals surface area contributed by atoms with Gasteiger partial charge in [0.1, 0.15) is 5.82 Å². The first-order chi connectivity index (χ1) is 13.6. The number of aromatic nitrogens is 3. The van der Waals surface area contributed by atoms with Crippen molar-refractivity contribution in [1.82, 2.24) is 19.9 Å². The van der Waals surface area contributed by atoms with Crippen LogP contribution in [0.3, 0.4) is 0 Å². The van der Waals surface area contributed by atoms with Crippen molar-refractivity contribution in [2.45, 2.75) is 52.6 Å². The summed E-state index contributed by atoms with van der Waals surface area (Å²) in [5, 5.41) is 22.2. The number of rotatable bonds is 9. The number of aliphatic hydroxyl groups excluding tert-OH is 1. The monoisotopic (exact) mass is 380 g/mol. The van der Waals surface area contributed by atoms with Gasteiger partial charge in [-0.1, -0.05) is 37.3 Å². The van der Waals surface area contributed by atoms with E-state index in [9.17, 15) is 10.2 Å². The minimum Gasteiger partial charge on any atom is -0.364 e. The molecule has 0 saturated heterocycles. The van der Waals surface area contributed by atoms with Crippen LogP contribution in [0.1, 0.15) is 47.2 Å². The highest BCUT2D eigenvalue weighted by Crippen LogP contribution is 2.13. The lowest BCUT2D eigenvalue weighted by Gasteiger charge is -2.13. The molecule has 1 aromatic carbocycles. The number of imidazole rings is 1. The Hall–Kier alpha value is -2.54. The number of benzene rings is 1. The summed E-state index contributed by atoms with van der Waals surface area (Å²) in [4.78, 5) is 9.05. The molecule has 3 N–H and O–H groups in total. The van der Waals surface area contributed by atoms with E-state index in [1.807, 2.05) is 19.2 Å². The zero-order valence-corrected chi connectivity index (χ0v) is 16.5. The van der Waals surface area contributed by atoms with Gasteiger partial charge >= 0.3 is 0 Å². The van der Waals surface area contributed by atoms with Crippen LogP contribution in [0.4, 0.5) is 0 Å². The normalized spacial score (nSPS) is 11.3. The van der Waals surface area contributed by atoms with Crippen LogP contribution in [0.25, 0.3) is 0 Å². The SMILES string of the molecule is CCc1cnc(CNCc2cc(C(O)O)cc(C)n2)n1CCc1ccccc1. The molecule has 0 spiro atoms. The summed E-state index contributed by atoms with van der Waals surface area (Å²) >= 11 is 0. The van der Waals surface area contributed by atoms with Crippen LogP contribution < -0.4 is 5.32 Å². The Morgan fingerprint density at radius 3 is 2.61 bits per heavy atom. The molecule has 0 aliphatic carbocycles. The van der Waals surface area contributed by atoms with Crippen LogP contribution in [-0.4, -0.2) is 24.7 Å². The van der Waals surface area contributed by atoms with Crippen molar-refractivity contribution in [3.05, 3.63) is 82.7 Å². The highest BCUT2D eigenvalue weighted by atomic mass is 16.5. The topological polar surface area (TPSA) is 83.2 Å². The molecule has 0 saturated carbocycles. The van der Waals surface area contributed by atoms with E-state index in [2.05, 4.69) is 51.0 Å². The molecule has 2 heterocycles. The number of aryl methyl sites for hydroxylation is 3. The third kappa shape index (κ3) is 5.25. The fourth-order valence-electron chi connectivity index (χ4n) is 3.34. The first-order valence-corrected chi connectivity index (χ1v) is 9.68. The summed E-state index contributed by atoms with van der Waals surface area (Å²) in [6, 6.07) is 13.9. The van der Waals surface area contributed by atoms with Gasteiger partial charge in [-0.15, -0.1) is 0 Å². The van der Waals surface area contributed by atoms with Gasteiger partial charge in [0.2, 0.25) is 0 Å². The van der Waals surface area contributed by atoms with Gasteiger partial charge in [0.25, 0.3) is 0 Å². The van der Waals surface area contributed by atoms with Crippen molar-refractivity contribution in [3.8, 4) is 0 Å². The third-order valence-corrected chi connectivity index (χ3v) is 4.77. The largest absolute Gasteiger partial charge is 0.364 e. The molecule has 0 amide bonds. The molecular formula is C22H28N4O2. The molecule has 0 aliphatic rings. The minimum atomic E-state index is -1.48. The Kier molecular flexibility index (Phi) is 6.92. The lowest BCUT2D eigenvalue weighted by molar-refractivity contribution is -0.0426. The Morgan fingerprint density at radius 2 is 1.89 bits per heavy atom. The molecule has 0 unspecified atom stereocenters. The maximum atomic E-state index is 9.39. The second-order valence-electron chi connectivity index (χ2n) is 6.92. The number of nitrogens with zero attached hydrogens (tertiary/aromatic N) is 3. The minimum absolute atomic E-state index is 0.460. The predicted octanol–water partition coefficient (Wildman–Crippen LogP) is 2.66. The van der Waals surface area contributed by atoms with Crippen molar-refractivity contribution in [2.24, 2.45) is 0 Å². The second-order valence-corrected chi connectivity index (χ2v) is 6.92. The maximum absolute atomic E-state index is 9.39. The fourth-order valence-corrected chi connectivity index (χ4v) is 3.34. The molecule has 3 aromatic rings. The average Bonchev–Trinajstić information content (AvgIpc) is 3.08. The van der Waals surface area contributed by atoms with Gasteiger partial charge in [-0.05, 0) is 37.5 Å². The number of hydrogen-bond acceptors (Lipinski definition) is 5. The van der Waals surface area contributed by atoms with E-state index in [0.29, 0.717) is 18.7 Å². The molecule has 0 radical (unpaired) electrons. The zero-order chi connectivity index (χ0) is 19.9. The summed E-state index contributed by atoms with van der Waals surface area (Å²) in [6.07, 6.45) is 2.38. The lowest BCUT2D eigenvalue weighted by Crippen LogP contribution is -2.19. The molecule has 0 fully saturated rings. The maximum Gasteiger partial charge on any atom is 0.178 e. The molecule has 0 bridgehead atoms. The van der Waals surface area contributed by atoms with E-state index >= 15 is 0 Å². The Labute approximate surface area is 165 Å². The van der Waals surface area contributed by atoms with Crippen LogP contribution in [-0.2, 0) is 32.5 Å². The third-order valence-electron chi connectivity index (χ3n) is 4.77. The standard InChI is InChI=1S/C22H28N4O2/c1-3-20-14-24-21(26(20)10-9-17-7-5-4-6-8-17)15-23-13-19-12-18(22(27)28)11-16(2)25-19/h4-8,11-12,14,22-23,27-28H,3,9-10,13,15H2,1-2H3. The highest BCUT2D eigenvalue weighted by molar-refractivity contribution is 5.22. The average molecular weight is 380 g/mol. The second kappa shape index (κ2) is 9.59. The Balaban J connectivity index is 1.64. The van der Waals surface area contributed by atoms with Gasteiger partial charge in [-0.2, -0.15) is 0 Å². The zero-order valence-electron chi connectivity index (χ0n) is 16.5. The molecule has 0 aliphatic heterocycles. The van der Waals surface area contributed by atoms with E-state index in [0.717, 1.165) is 36.6 Å². The highest BCUT2D eigenvalue weighted by Gasteiger charge is 2.10. The lowest BCUT2D eigenvalue weighted by atomic mass is 10.1. The van der Waals surface area contributed by atoms with Crippen LogP contribution in [0.5, 0.6) is 0 Å². The predicted molar refractivity (Wildman–Crippen MR) is 108 cm³/mol. The number of nitrogens with one attached hydrogen (secondary N) is 1. The smallest absolute Gasteiger partial charge is 0.178 e. The van der Waals surface area contributed by atoms with Gasteiger partial charge in [-0.25, -0.2) is 4.98 Å². The first kappa shape index (κ1) is 20.2. The van der Waals surface area contributed by atoms with Crippen LogP contribution in [0.15, 0.2) is 48.7 Å². The molecule has 3 rings (SSSR count). The van der Waals surface area contributed by atoms with E-state index in [1.165, 1.54) is 11.3 Å². The quantitative estimate of drug-likeness (QED) is 0.497. The number of hydrogen-bond donors (Lipinski definition) is 3. The van der Waals surface area contributed by atoms with E-state index in [1.54, 1.807) is 12.1 Å². The van der Waals surface area contributed by atoms with Crippen molar-refractivity contribution in [3.63, 3.8) is 0 Å². The Morgan fingerprint density at radius 1 is 1.11 bits per heavy atom. The Bertz CT molecular complexity index is 891. The van der Waals surface area contributed by atoms with E-state index in [-0.39, 0.29) is 0 Å². The summed E-state index contributed by atoms with van der Waals surface area (Å²) in [7, 11) is 0. The molecule has 0 atom stereocenters. The molecule has 148 valence electrons. The van der Waals surface area contributed by atoms with E-state index in [4.69, 9.17) is 0 Å². The first-order valence-electron chi connectivity index (χ1n) is 9.68. The van der Waals surface area contributed by atoms with Gasteiger partial charge in [-0.3, -0.25) is 4.98 Å². The van der Waals surface area contributed by atoms with Gasteiger partial charge < -0.3 is 20.1 Å². The molecule has 28 heavy (non-hydrogen) atoms. The molecule has 6 nitrogen and oxygen atoms in total. The van der Waals surface area contributed by atoms with Crippen LogP contribution >= 0.6 is 0 Å². The summed E-state index contributed by atoms with van der Waals surface area (Å²) < 4.78 is 2.28. The fraction of sp³-hybridized carbons (Fsp3) is 0.364. The molecular weight excluding hydrogens is 352 g/mol. The number of pyridine rings is 1. The van der Waals surface area contributed by atoms with Crippen molar-refractivity contribution in [1.29, 1.82) is 0 Å². The molecule has 2 aromatic heterocycles. The summed E-state index contributed by atoms with van der Waals surface area (Å²) in [5.74, 6) is 1.00. The van der Waals surface area contributed by atoms with Crippen molar-refractivity contribution in [2.75, 3.05) is 0 Å². The summed E-state index contributed by atoms with van der Waals surface area (Å²) in [6.45, 7) is 6.05. The molecule has 6 heteroatoms. The summed E-state index contributed by atoms with van der Waals surface area (Å²) in [5.41, 5.74) is 4.55. The van der Waals surface area contributed by atoms with Gasteiger partial charge in [0.05, 0.1) is 12.2 Å². The number of aliphatic hydroxyl groups is 2. The van der Waals surface area contributed by atoms with Gasteiger partial charge in [0, 0.05) is 36.2 Å².